The van der Waals surface area contributed by atoms with E-state index in [2.05, 4.69) is 4.98 Å². The van der Waals surface area contributed by atoms with Gasteiger partial charge in [-0.05, 0) is 26.3 Å². The van der Waals surface area contributed by atoms with Crippen LogP contribution in [-0.2, 0) is 4.79 Å². The maximum Gasteiger partial charge on any atom is 0.303 e. The van der Waals surface area contributed by atoms with Crippen LogP contribution >= 0.6 is 0 Å². The normalized spacial score (nSPS) is 14.7. The predicted octanol–water partition coefficient (Wildman–Crippen LogP) is 1.32. The summed E-state index contributed by atoms with van der Waals surface area (Å²) in [6.07, 6.45) is 2.93. The van der Waals surface area contributed by atoms with Crippen molar-refractivity contribution < 1.29 is 19.5 Å². The molecule has 0 spiro atoms. The van der Waals surface area contributed by atoms with Crippen LogP contribution in [0.15, 0.2) is 18.5 Å². The lowest BCUT2D eigenvalue weighted by Gasteiger charge is -2.33. The third-order valence-corrected chi connectivity index (χ3v) is 3.24. The van der Waals surface area contributed by atoms with E-state index in [0.29, 0.717) is 5.56 Å². The van der Waals surface area contributed by atoms with E-state index in [0.717, 1.165) is 4.90 Å². The van der Waals surface area contributed by atoms with Crippen molar-refractivity contribution in [2.45, 2.75) is 32.2 Å². The Morgan fingerprint density at radius 3 is 2.53 bits per heavy atom. The van der Waals surface area contributed by atoms with Crippen molar-refractivity contribution in [1.29, 1.82) is 0 Å². The van der Waals surface area contributed by atoms with E-state index in [1.54, 1.807) is 13.8 Å². The lowest BCUT2D eigenvalue weighted by molar-refractivity contribution is -0.137. The number of carboxylic acid groups (broad SMARTS) is 1. The Labute approximate surface area is 110 Å². The first-order chi connectivity index (χ1) is 8.84. The molecule has 2 amide bonds. The van der Waals surface area contributed by atoms with Crippen LogP contribution < -0.4 is 0 Å². The highest BCUT2D eigenvalue weighted by Gasteiger charge is 2.44. The van der Waals surface area contributed by atoms with Gasteiger partial charge in [0.05, 0.1) is 11.1 Å². The van der Waals surface area contributed by atoms with Gasteiger partial charge in [-0.15, -0.1) is 0 Å². The van der Waals surface area contributed by atoms with Crippen molar-refractivity contribution in [3.8, 4) is 0 Å². The molecule has 6 nitrogen and oxygen atoms in total. The van der Waals surface area contributed by atoms with Crippen molar-refractivity contribution in [2.24, 2.45) is 0 Å². The molecule has 0 saturated heterocycles. The third kappa shape index (κ3) is 2.21. The highest BCUT2D eigenvalue weighted by Crippen LogP contribution is 2.31. The largest absolute Gasteiger partial charge is 0.481 e. The fourth-order valence-electron chi connectivity index (χ4n) is 2.16. The molecule has 0 saturated carbocycles. The highest BCUT2D eigenvalue weighted by atomic mass is 16.4. The van der Waals surface area contributed by atoms with E-state index in [-0.39, 0.29) is 18.4 Å². The number of fused-ring (bicyclic) bond motifs is 1. The van der Waals surface area contributed by atoms with Gasteiger partial charge in [0.25, 0.3) is 11.8 Å². The fraction of sp³-hybridized carbons (Fsp3) is 0.385. The number of nitrogens with zero attached hydrogens (tertiary/aromatic N) is 2. The van der Waals surface area contributed by atoms with Crippen LogP contribution in [0.25, 0.3) is 0 Å². The molecule has 1 aromatic rings. The minimum atomic E-state index is -0.952. The molecule has 2 heterocycles. The van der Waals surface area contributed by atoms with Crippen molar-refractivity contribution in [1.82, 2.24) is 9.88 Å². The van der Waals surface area contributed by atoms with Crippen molar-refractivity contribution in [3.05, 3.63) is 29.6 Å². The van der Waals surface area contributed by atoms with E-state index in [4.69, 9.17) is 5.11 Å². The van der Waals surface area contributed by atoms with Crippen LogP contribution in [0, 0.1) is 0 Å². The Kier molecular flexibility index (Phi) is 3.09. The minimum Gasteiger partial charge on any atom is -0.481 e. The van der Waals surface area contributed by atoms with Crippen molar-refractivity contribution >= 4 is 17.8 Å². The van der Waals surface area contributed by atoms with Gasteiger partial charge in [-0.25, -0.2) is 0 Å². The molecule has 0 bridgehead atoms. The zero-order valence-corrected chi connectivity index (χ0v) is 10.7. The van der Waals surface area contributed by atoms with Gasteiger partial charge in [-0.3, -0.25) is 24.3 Å². The molecule has 0 aliphatic carbocycles. The Morgan fingerprint density at radius 2 is 1.95 bits per heavy atom. The Hall–Kier alpha value is -2.24. The zero-order valence-electron chi connectivity index (χ0n) is 10.7. The second-order valence-electron chi connectivity index (χ2n) is 5.07. The summed E-state index contributed by atoms with van der Waals surface area (Å²) in [7, 11) is 0. The standard InChI is InChI=1S/C13H14N2O4/c1-13(2,5-3-10(16)17)15-11(18)8-4-6-14-7-9(8)12(15)19/h4,6-7H,3,5H2,1-2H3,(H,16,17). The van der Waals surface area contributed by atoms with Crippen molar-refractivity contribution in [3.63, 3.8) is 0 Å². The summed E-state index contributed by atoms with van der Waals surface area (Å²) < 4.78 is 0. The summed E-state index contributed by atoms with van der Waals surface area (Å²) in [6, 6.07) is 1.50. The maximum absolute atomic E-state index is 12.2. The second-order valence-corrected chi connectivity index (χ2v) is 5.07. The summed E-state index contributed by atoms with van der Waals surface area (Å²) in [5, 5.41) is 8.73. The predicted molar refractivity (Wildman–Crippen MR) is 65.7 cm³/mol. The summed E-state index contributed by atoms with van der Waals surface area (Å²) in [4.78, 5) is 40.1. The van der Waals surface area contributed by atoms with Crippen LogP contribution in [0.3, 0.4) is 0 Å². The topological polar surface area (TPSA) is 87.6 Å². The molecule has 0 atom stereocenters. The number of amides is 2. The van der Waals surface area contributed by atoms with Gasteiger partial charge in [0.15, 0.2) is 0 Å². The SMILES string of the molecule is CC(C)(CCC(=O)O)N1C(=O)c2ccncc2C1=O. The minimum absolute atomic E-state index is 0.0986. The number of hydrogen-bond donors (Lipinski definition) is 1. The molecule has 0 aromatic carbocycles. The molecular formula is C13H14N2O4. The van der Waals surface area contributed by atoms with E-state index in [9.17, 15) is 14.4 Å². The lowest BCUT2D eigenvalue weighted by Crippen LogP contribution is -2.47. The first-order valence-corrected chi connectivity index (χ1v) is 5.89. The third-order valence-electron chi connectivity index (χ3n) is 3.24. The van der Waals surface area contributed by atoms with Gasteiger partial charge < -0.3 is 5.11 Å². The molecule has 19 heavy (non-hydrogen) atoms. The molecular weight excluding hydrogens is 248 g/mol. The molecule has 1 N–H and O–H groups in total. The molecule has 0 unspecified atom stereocenters. The quantitative estimate of drug-likeness (QED) is 0.827. The monoisotopic (exact) mass is 262 g/mol. The van der Waals surface area contributed by atoms with Crippen LogP contribution in [-0.4, -0.2) is 38.3 Å². The molecule has 100 valence electrons. The molecule has 0 radical (unpaired) electrons. The van der Waals surface area contributed by atoms with E-state index in [1.807, 2.05) is 0 Å². The first-order valence-electron chi connectivity index (χ1n) is 5.89. The van der Waals surface area contributed by atoms with Crippen LogP contribution in [0.5, 0.6) is 0 Å². The smallest absolute Gasteiger partial charge is 0.303 e. The van der Waals surface area contributed by atoms with Gasteiger partial charge in [-0.1, -0.05) is 0 Å². The van der Waals surface area contributed by atoms with Gasteiger partial charge in [-0.2, -0.15) is 0 Å². The first kappa shape index (κ1) is 13.2. The Balaban J connectivity index is 2.31. The number of carboxylic acids is 1. The summed E-state index contributed by atoms with van der Waals surface area (Å²) in [5.41, 5.74) is -0.245. The maximum atomic E-state index is 12.2. The number of pyridine rings is 1. The number of rotatable bonds is 4. The van der Waals surface area contributed by atoms with Crippen LogP contribution in [0.4, 0.5) is 0 Å². The molecule has 6 heteroatoms. The average Bonchev–Trinajstić information content (AvgIpc) is 2.61. The number of carbonyl (C=O) groups is 3. The highest BCUT2D eigenvalue weighted by molar-refractivity contribution is 6.21. The summed E-state index contributed by atoms with van der Waals surface area (Å²) >= 11 is 0. The number of imide groups is 1. The van der Waals surface area contributed by atoms with Gasteiger partial charge in [0.2, 0.25) is 0 Å². The molecule has 1 aliphatic heterocycles. The molecule has 0 fully saturated rings. The van der Waals surface area contributed by atoms with Crippen LogP contribution in [0.1, 0.15) is 47.4 Å². The van der Waals surface area contributed by atoms with Gasteiger partial charge in [0, 0.05) is 24.4 Å². The van der Waals surface area contributed by atoms with E-state index < -0.39 is 23.3 Å². The van der Waals surface area contributed by atoms with Gasteiger partial charge in [0.1, 0.15) is 0 Å². The van der Waals surface area contributed by atoms with E-state index >= 15 is 0 Å². The van der Waals surface area contributed by atoms with Crippen LogP contribution in [0.2, 0.25) is 0 Å². The summed E-state index contributed by atoms with van der Waals surface area (Å²) in [6.45, 7) is 3.37. The summed E-state index contributed by atoms with van der Waals surface area (Å²) in [5.74, 6) is -1.76. The van der Waals surface area contributed by atoms with Crippen molar-refractivity contribution in [2.75, 3.05) is 0 Å². The molecule has 1 aromatic heterocycles. The Bertz CT molecular complexity index is 531. The average molecular weight is 262 g/mol. The fourth-order valence-corrected chi connectivity index (χ4v) is 2.16. The number of carbonyl (C=O) groups excluding carboxylic acids is 2. The lowest BCUT2D eigenvalue weighted by atomic mass is 9.96. The zero-order chi connectivity index (χ0) is 14.2. The number of aromatic nitrogens is 1. The number of hydrogen-bond acceptors (Lipinski definition) is 4. The van der Waals surface area contributed by atoms with E-state index in [1.165, 1.54) is 18.5 Å². The Morgan fingerprint density at radius 1 is 1.32 bits per heavy atom. The molecule has 1 aliphatic rings. The second kappa shape index (κ2) is 4.46. The molecule has 2 rings (SSSR count). The van der Waals surface area contributed by atoms with Gasteiger partial charge >= 0.3 is 5.97 Å². The number of aliphatic carboxylic acids is 1.